The lowest BCUT2D eigenvalue weighted by Gasteiger charge is -2.14. The molecule has 2 rings (SSSR count). The number of hydrogen-bond acceptors (Lipinski definition) is 5. The van der Waals surface area contributed by atoms with E-state index in [4.69, 9.17) is 19.3 Å². The molecule has 0 spiro atoms. The molecule has 0 aliphatic carbocycles. The number of hydrogen-bond donors (Lipinski definition) is 2. The van der Waals surface area contributed by atoms with E-state index in [1.165, 1.54) is 7.11 Å². The van der Waals surface area contributed by atoms with E-state index >= 15 is 0 Å². The van der Waals surface area contributed by atoms with Crippen LogP contribution in [0, 0.1) is 0 Å². The third kappa shape index (κ3) is 6.40. The van der Waals surface area contributed by atoms with Crippen LogP contribution in [0.15, 0.2) is 47.4 Å². The third-order valence-corrected chi connectivity index (χ3v) is 5.12. The molecule has 7 nitrogen and oxygen atoms in total. The van der Waals surface area contributed by atoms with Crippen LogP contribution in [-0.2, 0) is 16.4 Å². The average Bonchev–Trinajstić information content (AvgIpc) is 2.66. The summed E-state index contributed by atoms with van der Waals surface area (Å²) in [5.74, 6) is 1.73. The van der Waals surface area contributed by atoms with E-state index in [0.717, 1.165) is 23.6 Å². The van der Waals surface area contributed by atoms with Crippen LogP contribution in [0.3, 0.4) is 0 Å². The van der Waals surface area contributed by atoms with Crippen LogP contribution in [0.25, 0.3) is 0 Å². The molecule has 0 aliphatic rings. The lowest BCUT2D eigenvalue weighted by Crippen LogP contribution is -2.90. The summed E-state index contributed by atoms with van der Waals surface area (Å²) in [5.41, 5.74) is 0.885. The van der Waals surface area contributed by atoms with Gasteiger partial charge < -0.3 is 19.5 Å². The molecular formula is C20H29N2O5S+. The molecule has 0 saturated heterocycles. The van der Waals surface area contributed by atoms with Crippen molar-refractivity contribution >= 4 is 10.0 Å². The number of primary sulfonamides is 1. The highest BCUT2D eigenvalue weighted by molar-refractivity contribution is 7.89. The van der Waals surface area contributed by atoms with Gasteiger partial charge in [-0.25, -0.2) is 13.6 Å². The first kappa shape index (κ1) is 22.0. The van der Waals surface area contributed by atoms with Crippen molar-refractivity contribution in [2.24, 2.45) is 5.14 Å². The zero-order chi connectivity index (χ0) is 20.6. The number of methoxy groups -OCH3 is 1. The van der Waals surface area contributed by atoms with Crippen molar-refractivity contribution in [1.29, 1.82) is 0 Å². The lowest BCUT2D eigenvalue weighted by atomic mass is 10.1. The minimum Gasteiger partial charge on any atom is -0.495 e. The van der Waals surface area contributed by atoms with Crippen molar-refractivity contribution in [1.82, 2.24) is 0 Å². The average molecular weight is 410 g/mol. The molecule has 0 unspecified atom stereocenters. The summed E-state index contributed by atoms with van der Waals surface area (Å²) in [4.78, 5) is 0.00978. The fraction of sp³-hybridized carbons (Fsp3) is 0.400. The number of quaternary nitrogens is 1. The Labute approximate surface area is 166 Å². The molecule has 0 bridgehead atoms. The van der Waals surface area contributed by atoms with Crippen LogP contribution in [0.4, 0.5) is 0 Å². The zero-order valence-corrected chi connectivity index (χ0v) is 17.4. The largest absolute Gasteiger partial charge is 0.495 e. The maximum absolute atomic E-state index is 11.7. The monoisotopic (exact) mass is 409 g/mol. The lowest BCUT2D eigenvalue weighted by molar-refractivity contribution is -0.686. The Bertz CT molecular complexity index is 871. The van der Waals surface area contributed by atoms with E-state index in [0.29, 0.717) is 19.6 Å². The number of ether oxygens (including phenoxy) is 3. The minimum absolute atomic E-state index is 0.00978. The molecule has 8 heteroatoms. The number of rotatable bonds is 11. The van der Waals surface area contributed by atoms with Crippen LogP contribution in [0.2, 0.25) is 0 Å². The molecule has 0 heterocycles. The molecule has 0 amide bonds. The molecule has 2 aromatic rings. The Morgan fingerprint density at radius 1 is 1.07 bits per heavy atom. The van der Waals surface area contributed by atoms with E-state index in [9.17, 15) is 8.42 Å². The third-order valence-electron chi connectivity index (χ3n) is 4.19. The fourth-order valence-electron chi connectivity index (χ4n) is 2.89. The van der Waals surface area contributed by atoms with Crippen molar-refractivity contribution in [2.45, 2.75) is 31.2 Å². The minimum atomic E-state index is -3.83. The van der Waals surface area contributed by atoms with Gasteiger partial charge in [-0.05, 0) is 43.7 Å². The second-order valence-electron chi connectivity index (χ2n) is 6.46. The Kier molecular flexibility index (Phi) is 8.10. The van der Waals surface area contributed by atoms with Crippen LogP contribution >= 0.6 is 0 Å². The fourth-order valence-corrected chi connectivity index (χ4v) is 3.64. The molecule has 1 atom stereocenters. The van der Waals surface area contributed by atoms with Gasteiger partial charge in [0.05, 0.1) is 19.8 Å². The van der Waals surface area contributed by atoms with Gasteiger partial charge in [0.1, 0.15) is 23.8 Å². The first-order valence-corrected chi connectivity index (χ1v) is 10.8. The molecule has 4 N–H and O–H groups in total. The van der Waals surface area contributed by atoms with Gasteiger partial charge >= 0.3 is 0 Å². The maximum atomic E-state index is 11.7. The number of sulfonamides is 1. The Morgan fingerprint density at radius 3 is 2.36 bits per heavy atom. The van der Waals surface area contributed by atoms with Gasteiger partial charge in [0.15, 0.2) is 11.5 Å². The van der Waals surface area contributed by atoms with Crippen LogP contribution < -0.4 is 24.7 Å². The highest BCUT2D eigenvalue weighted by Crippen LogP contribution is 2.26. The van der Waals surface area contributed by atoms with Gasteiger partial charge in [0, 0.05) is 6.42 Å². The van der Waals surface area contributed by atoms with Gasteiger partial charge in [0.2, 0.25) is 10.0 Å². The van der Waals surface area contributed by atoms with Gasteiger partial charge in [-0.3, -0.25) is 0 Å². The van der Waals surface area contributed by atoms with Gasteiger partial charge in [-0.1, -0.05) is 18.2 Å². The van der Waals surface area contributed by atoms with Crippen LogP contribution in [0.1, 0.15) is 19.4 Å². The van der Waals surface area contributed by atoms with Gasteiger partial charge in [-0.15, -0.1) is 0 Å². The second kappa shape index (κ2) is 10.3. The van der Waals surface area contributed by atoms with Crippen molar-refractivity contribution < 1.29 is 27.9 Å². The van der Waals surface area contributed by atoms with E-state index in [1.807, 2.05) is 37.3 Å². The summed E-state index contributed by atoms with van der Waals surface area (Å²) in [6.07, 6.45) is 0.696. The summed E-state index contributed by atoms with van der Waals surface area (Å²) in [6.45, 7) is 5.91. The van der Waals surface area contributed by atoms with Crippen molar-refractivity contribution in [3.63, 3.8) is 0 Å². The van der Waals surface area contributed by atoms with Crippen molar-refractivity contribution in [2.75, 3.05) is 26.9 Å². The Morgan fingerprint density at radius 2 is 1.75 bits per heavy atom. The normalized spacial score (nSPS) is 12.4. The summed E-state index contributed by atoms with van der Waals surface area (Å²) >= 11 is 0. The van der Waals surface area contributed by atoms with Crippen molar-refractivity contribution in [3.05, 3.63) is 48.0 Å². The predicted molar refractivity (Wildman–Crippen MR) is 107 cm³/mol. The summed E-state index contributed by atoms with van der Waals surface area (Å²) in [6, 6.07) is 12.9. The first-order chi connectivity index (χ1) is 13.3. The smallest absolute Gasteiger partial charge is 0.241 e. The van der Waals surface area contributed by atoms with E-state index < -0.39 is 10.0 Å². The Hall–Kier alpha value is -2.29. The summed E-state index contributed by atoms with van der Waals surface area (Å²) in [5, 5.41) is 7.43. The predicted octanol–water partition coefficient (Wildman–Crippen LogP) is 1.31. The first-order valence-electron chi connectivity index (χ1n) is 9.22. The number of para-hydroxylation sites is 2. The molecule has 28 heavy (non-hydrogen) atoms. The molecule has 154 valence electrons. The number of nitrogens with two attached hydrogens (primary N) is 2. The number of benzene rings is 2. The maximum Gasteiger partial charge on any atom is 0.241 e. The molecule has 0 fully saturated rings. The van der Waals surface area contributed by atoms with Crippen LogP contribution in [-0.4, -0.2) is 41.3 Å². The topological polar surface area (TPSA) is 104 Å². The summed E-state index contributed by atoms with van der Waals surface area (Å²) in [7, 11) is -2.41. The van der Waals surface area contributed by atoms with Gasteiger partial charge in [-0.2, -0.15) is 0 Å². The molecule has 0 saturated carbocycles. The second-order valence-corrected chi connectivity index (χ2v) is 7.99. The SMILES string of the molecule is CCOc1ccccc1OCC[NH2+][C@H](C)Cc1ccc(OC)c(S(N)(=O)=O)c1. The summed E-state index contributed by atoms with van der Waals surface area (Å²) < 4.78 is 39.9. The highest BCUT2D eigenvalue weighted by atomic mass is 32.2. The van der Waals surface area contributed by atoms with Crippen molar-refractivity contribution in [3.8, 4) is 17.2 Å². The Balaban J connectivity index is 1.87. The molecule has 0 aliphatic heterocycles. The quantitative estimate of drug-likeness (QED) is 0.545. The standard InChI is InChI=1S/C20H28N2O5S/c1-4-26-17-7-5-6-8-18(17)27-12-11-22-15(2)13-16-9-10-19(25-3)20(14-16)28(21,23)24/h5-10,14-15,22H,4,11-13H2,1-3H3,(H2,21,23,24)/p+1/t15-/m1/s1. The van der Waals surface area contributed by atoms with E-state index in [2.05, 4.69) is 12.2 Å². The molecular weight excluding hydrogens is 380 g/mol. The zero-order valence-electron chi connectivity index (χ0n) is 16.6. The highest BCUT2D eigenvalue weighted by Gasteiger charge is 2.17. The van der Waals surface area contributed by atoms with Gasteiger partial charge in [0.25, 0.3) is 0 Å². The molecule has 0 radical (unpaired) electrons. The van der Waals surface area contributed by atoms with E-state index in [1.54, 1.807) is 12.1 Å². The molecule has 2 aromatic carbocycles. The van der Waals surface area contributed by atoms with Crippen LogP contribution in [0.5, 0.6) is 17.2 Å². The van der Waals surface area contributed by atoms with E-state index in [-0.39, 0.29) is 16.7 Å². The molecule has 0 aromatic heterocycles.